The van der Waals surface area contributed by atoms with Gasteiger partial charge in [-0.25, -0.2) is 4.98 Å². The van der Waals surface area contributed by atoms with Crippen LogP contribution in [0.5, 0.6) is 28.9 Å². The number of hydrogen-bond acceptors (Lipinski definition) is 7. The van der Waals surface area contributed by atoms with Crippen LogP contribution in [0.4, 0.5) is 0 Å². The molecule has 164 valence electrons. The summed E-state index contributed by atoms with van der Waals surface area (Å²) in [7, 11) is 6.62. The van der Waals surface area contributed by atoms with E-state index in [9.17, 15) is 0 Å². The molecule has 7 nitrogen and oxygen atoms in total. The fourth-order valence-corrected chi connectivity index (χ4v) is 3.92. The summed E-state index contributed by atoms with van der Waals surface area (Å²) in [6, 6.07) is 11.9. The Hall–Kier alpha value is -3.19. The number of pyridine rings is 1. The molecule has 0 saturated carbocycles. The number of nitrogens with zero attached hydrogens (tertiary/aromatic N) is 2. The Morgan fingerprint density at radius 3 is 2.32 bits per heavy atom. The third-order valence-corrected chi connectivity index (χ3v) is 5.59. The van der Waals surface area contributed by atoms with Crippen LogP contribution in [0.1, 0.15) is 11.1 Å². The van der Waals surface area contributed by atoms with Crippen LogP contribution in [0.25, 0.3) is 10.9 Å². The lowest BCUT2D eigenvalue weighted by Crippen LogP contribution is -2.28. The van der Waals surface area contributed by atoms with Crippen LogP contribution in [-0.2, 0) is 13.0 Å². The molecule has 1 aliphatic heterocycles. The van der Waals surface area contributed by atoms with Crippen molar-refractivity contribution in [1.82, 2.24) is 9.88 Å². The van der Waals surface area contributed by atoms with Crippen LogP contribution in [0.3, 0.4) is 0 Å². The number of benzene rings is 2. The van der Waals surface area contributed by atoms with Crippen molar-refractivity contribution in [2.75, 3.05) is 48.1 Å². The molecular formula is C24H28N2O5. The van der Waals surface area contributed by atoms with Crippen molar-refractivity contribution in [1.29, 1.82) is 0 Å². The maximum absolute atomic E-state index is 5.99. The summed E-state index contributed by atoms with van der Waals surface area (Å²) < 4.78 is 27.8. The van der Waals surface area contributed by atoms with E-state index in [1.165, 1.54) is 5.56 Å². The molecule has 3 aromatic rings. The fourth-order valence-electron chi connectivity index (χ4n) is 3.92. The summed E-state index contributed by atoms with van der Waals surface area (Å²) >= 11 is 0. The molecule has 0 spiro atoms. The summed E-state index contributed by atoms with van der Waals surface area (Å²) in [6.45, 7) is 3.06. The van der Waals surface area contributed by atoms with Crippen LogP contribution in [0.2, 0.25) is 0 Å². The molecule has 2 aromatic carbocycles. The number of hydrogen-bond donors (Lipinski definition) is 0. The number of methoxy groups -OCH3 is 4. The SMILES string of the molecule is COc1ccc(CCN2CCOc3nc4c(OC)ccc(OC)c4cc3C2)cc1OC. The predicted octanol–water partition coefficient (Wildman–Crippen LogP) is 3.71. The van der Waals surface area contributed by atoms with E-state index in [-0.39, 0.29) is 0 Å². The zero-order chi connectivity index (χ0) is 21.8. The van der Waals surface area contributed by atoms with Crippen LogP contribution in [-0.4, -0.2) is 58.0 Å². The van der Waals surface area contributed by atoms with Crippen molar-refractivity contribution in [2.24, 2.45) is 0 Å². The minimum atomic E-state index is 0.587. The summed E-state index contributed by atoms with van der Waals surface area (Å²) in [5.41, 5.74) is 2.99. The summed E-state index contributed by atoms with van der Waals surface area (Å²) in [6.07, 6.45) is 0.897. The maximum Gasteiger partial charge on any atom is 0.218 e. The third-order valence-electron chi connectivity index (χ3n) is 5.59. The van der Waals surface area contributed by atoms with E-state index in [0.717, 1.165) is 59.8 Å². The quantitative estimate of drug-likeness (QED) is 0.573. The van der Waals surface area contributed by atoms with Crippen molar-refractivity contribution in [2.45, 2.75) is 13.0 Å². The minimum absolute atomic E-state index is 0.587. The van der Waals surface area contributed by atoms with Gasteiger partial charge in [0.1, 0.15) is 23.6 Å². The Bertz CT molecular complexity index is 1070. The number of ether oxygens (including phenoxy) is 5. The maximum atomic E-state index is 5.99. The first-order valence-electron chi connectivity index (χ1n) is 10.3. The molecule has 0 amide bonds. The topological polar surface area (TPSA) is 62.3 Å². The second kappa shape index (κ2) is 9.31. The van der Waals surface area contributed by atoms with E-state index in [2.05, 4.69) is 17.0 Å². The van der Waals surface area contributed by atoms with E-state index in [4.69, 9.17) is 28.7 Å². The molecule has 0 aliphatic carbocycles. The average molecular weight is 424 g/mol. The van der Waals surface area contributed by atoms with Gasteiger partial charge in [-0.2, -0.15) is 0 Å². The fraction of sp³-hybridized carbons (Fsp3) is 0.375. The van der Waals surface area contributed by atoms with E-state index in [1.807, 2.05) is 24.3 Å². The van der Waals surface area contributed by atoms with Crippen molar-refractivity contribution >= 4 is 10.9 Å². The molecule has 7 heteroatoms. The highest BCUT2D eigenvalue weighted by molar-refractivity contribution is 5.91. The van der Waals surface area contributed by atoms with E-state index >= 15 is 0 Å². The Kier molecular flexibility index (Phi) is 6.32. The van der Waals surface area contributed by atoms with Crippen molar-refractivity contribution < 1.29 is 23.7 Å². The van der Waals surface area contributed by atoms with Gasteiger partial charge in [0.05, 0.1) is 28.4 Å². The van der Waals surface area contributed by atoms with Gasteiger partial charge in [-0.1, -0.05) is 6.07 Å². The molecule has 0 radical (unpaired) electrons. The molecule has 1 aromatic heterocycles. The first-order chi connectivity index (χ1) is 15.2. The van der Waals surface area contributed by atoms with Gasteiger partial charge in [-0.15, -0.1) is 0 Å². The predicted molar refractivity (Wildman–Crippen MR) is 119 cm³/mol. The molecule has 2 heterocycles. The van der Waals surface area contributed by atoms with Gasteiger partial charge in [0.2, 0.25) is 5.88 Å². The van der Waals surface area contributed by atoms with Gasteiger partial charge < -0.3 is 23.7 Å². The Balaban J connectivity index is 1.56. The van der Waals surface area contributed by atoms with Gasteiger partial charge in [-0.05, 0) is 42.3 Å². The first-order valence-corrected chi connectivity index (χ1v) is 10.3. The van der Waals surface area contributed by atoms with Gasteiger partial charge in [0, 0.05) is 30.6 Å². The molecule has 1 aliphatic rings. The van der Waals surface area contributed by atoms with E-state index in [0.29, 0.717) is 18.2 Å². The average Bonchev–Trinajstić information content (AvgIpc) is 3.01. The lowest BCUT2D eigenvalue weighted by molar-refractivity contribution is 0.225. The summed E-state index contributed by atoms with van der Waals surface area (Å²) in [4.78, 5) is 7.14. The van der Waals surface area contributed by atoms with Crippen molar-refractivity contribution in [3.63, 3.8) is 0 Å². The molecule has 4 rings (SSSR count). The lowest BCUT2D eigenvalue weighted by atomic mass is 10.1. The third kappa shape index (κ3) is 4.32. The molecule has 0 saturated heterocycles. The van der Waals surface area contributed by atoms with Crippen LogP contribution in [0, 0.1) is 0 Å². The molecular weight excluding hydrogens is 396 g/mol. The second-order valence-corrected chi connectivity index (χ2v) is 7.38. The zero-order valence-corrected chi connectivity index (χ0v) is 18.4. The van der Waals surface area contributed by atoms with E-state index in [1.54, 1.807) is 28.4 Å². The van der Waals surface area contributed by atoms with Gasteiger partial charge >= 0.3 is 0 Å². The standard InChI is InChI=1S/C24H28N2O5/c1-27-19-7-8-21(29-3)23-18(19)14-17-15-26(11-12-31-24(17)25-23)10-9-16-5-6-20(28-2)22(13-16)30-4/h5-8,13-14H,9-12,15H2,1-4H3. The largest absolute Gasteiger partial charge is 0.496 e. The van der Waals surface area contributed by atoms with Crippen molar-refractivity contribution in [3.8, 4) is 28.9 Å². The Morgan fingerprint density at radius 2 is 1.58 bits per heavy atom. The number of aromatic nitrogens is 1. The molecule has 0 fully saturated rings. The molecule has 0 bridgehead atoms. The monoisotopic (exact) mass is 424 g/mol. The highest BCUT2D eigenvalue weighted by Crippen LogP contribution is 2.36. The second-order valence-electron chi connectivity index (χ2n) is 7.38. The van der Waals surface area contributed by atoms with Crippen molar-refractivity contribution in [3.05, 3.63) is 47.5 Å². The van der Waals surface area contributed by atoms with Crippen LogP contribution in [0.15, 0.2) is 36.4 Å². The summed E-state index contributed by atoms with van der Waals surface area (Å²) in [5, 5.41) is 0.922. The normalized spacial score (nSPS) is 13.8. The van der Waals surface area contributed by atoms with Crippen LogP contribution >= 0.6 is 0 Å². The van der Waals surface area contributed by atoms with Gasteiger partial charge in [-0.3, -0.25) is 4.90 Å². The smallest absolute Gasteiger partial charge is 0.218 e. The first kappa shape index (κ1) is 21.1. The summed E-state index contributed by atoms with van der Waals surface area (Å²) in [5.74, 6) is 3.63. The van der Waals surface area contributed by atoms with Crippen LogP contribution < -0.4 is 23.7 Å². The highest BCUT2D eigenvalue weighted by Gasteiger charge is 2.20. The molecule has 31 heavy (non-hydrogen) atoms. The Morgan fingerprint density at radius 1 is 0.871 bits per heavy atom. The van der Waals surface area contributed by atoms with E-state index < -0.39 is 0 Å². The molecule has 0 unspecified atom stereocenters. The van der Waals surface area contributed by atoms with Gasteiger partial charge in [0.25, 0.3) is 0 Å². The highest BCUT2D eigenvalue weighted by atomic mass is 16.5. The number of rotatable bonds is 7. The lowest BCUT2D eigenvalue weighted by Gasteiger charge is -2.20. The Labute approximate surface area is 182 Å². The molecule has 0 N–H and O–H groups in total. The minimum Gasteiger partial charge on any atom is -0.496 e. The molecule has 0 atom stereocenters. The van der Waals surface area contributed by atoms with Gasteiger partial charge in [0.15, 0.2) is 11.5 Å². The zero-order valence-electron chi connectivity index (χ0n) is 18.4. The number of fused-ring (bicyclic) bond motifs is 2.